The first-order valence-electron chi connectivity index (χ1n) is 14.1. The van der Waals surface area contributed by atoms with E-state index in [1.54, 1.807) is 9.36 Å². The van der Waals surface area contributed by atoms with Crippen LogP contribution in [-0.4, -0.2) is 35.9 Å². The molecule has 0 amide bonds. The van der Waals surface area contributed by atoms with E-state index in [1.807, 2.05) is 26.5 Å². The molecule has 4 aromatic rings. The summed E-state index contributed by atoms with van der Waals surface area (Å²) in [6, 6.07) is 13.1. The van der Waals surface area contributed by atoms with Crippen LogP contribution in [0.2, 0.25) is 13.1 Å². The Bertz CT molecular complexity index is 1580. The number of aryl methyl sites for hydroxylation is 2. The summed E-state index contributed by atoms with van der Waals surface area (Å²) in [7, 11) is 20.7. The van der Waals surface area contributed by atoms with Crippen molar-refractivity contribution < 1.29 is 15.6 Å². The van der Waals surface area contributed by atoms with Crippen molar-refractivity contribution >= 4 is 35.1 Å². The van der Waals surface area contributed by atoms with Gasteiger partial charge in [-0.1, -0.05) is 0 Å². The van der Waals surface area contributed by atoms with Gasteiger partial charge in [0.2, 0.25) is 0 Å². The van der Waals surface area contributed by atoms with Crippen LogP contribution in [0.5, 0.6) is 0 Å². The van der Waals surface area contributed by atoms with E-state index in [0.29, 0.717) is 0 Å². The van der Waals surface area contributed by atoms with Gasteiger partial charge < -0.3 is 0 Å². The van der Waals surface area contributed by atoms with Crippen LogP contribution in [0.3, 0.4) is 0 Å². The molecule has 2 heterocycles. The maximum absolute atomic E-state index is 8.44. The number of hydrogen-bond acceptors (Lipinski definition) is 4. The quantitative estimate of drug-likeness (QED) is 0.190. The van der Waals surface area contributed by atoms with Crippen LogP contribution in [0.15, 0.2) is 59.9 Å². The van der Waals surface area contributed by atoms with Crippen molar-refractivity contribution in [3.05, 3.63) is 82.2 Å². The van der Waals surface area contributed by atoms with E-state index in [4.69, 9.17) is 17.0 Å². The molecule has 2 aromatic carbocycles. The molecule has 10 heteroatoms. The molecule has 40 heavy (non-hydrogen) atoms. The Morgan fingerprint density at radius 1 is 0.750 bits per heavy atom. The molecule has 2 atom stereocenters. The van der Waals surface area contributed by atoms with E-state index in [-0.39, 0.29) is 7.25 Å². The average molecular weight is 670 g/mol. The van der Waals surface area contributed by atoms with Crippen molar-refractivity contribution in [2.24, 2.45) is 14.1 Å². The Kier molecular flexibility index (Phi) is 7.01. The minimum atomic E-state index is -4.77. The fourth-order valence-electron chi connectivity index (χ4n) is 7.07. The number of rotatable bonds is 7. The molecule has 207 valence electrons. The van der Waals surface area contributed by atoms with E-state index in [2.05, 4.69) is 96.1 Å². The van der Waals surface area contributed by atoms with Crippen LogP contribution in [0, 0.1) is 0 Å². The molecule has 0 aliphatic heterocycles. The molecule has 0 bridgehead atoms. The average Bonchev–Trinajstić information content (AvgIpc) is 3.72. The van der Waals surface area contributed by atoms with E-state index in [9.17, 15) is 0 Å². The summed E-state index contributed by atoms with van der Waals surface area (Å²) in [4.78, 5) is 0. The van der Waals surface area contributed by atoms with Gasteiger partial charge in [-0.25, -0.2) is 0 Å². The molecule has 2 aliphatic rings. The first kappa shape index (κ1) is 28.0. The van der Waals surface area contributed by atoms with Crippen molar-refractivity contribution in [3.63, 3.8) is 0 Å². The molecule has 2 unspecified atom stereocenters. The topological polar surface area (TPSA) is 61.4 Å². The van der Waals surface area contributed by atoms with Crippen molar-refractivity contribution in [3.8, 4) is 22.5 Å². The summed E-state index contributed by atoms with van der Waals surface area (Å²) in [5.74, 6) is -1.62. The summed E-state index contributed by atoms with van der Waals surface area (Å²) in [5, 5.41) is 17.3. The van der Waals surface area contributed by atoms with Crippen molar-refractivity contribution in [1.29, 1.82) is 0 Å². The normalized spacial score (nSPS) is 19.3. The third-order valence-electron chi connectivity index (χ3n) is 9.08. The monoisotopic (exact) mass is 667 g/mol. The number of allylic oxidation sites excluding steroid dienone is 2. The first-order chi connectivity index (χ1) is 19.1. The van der Waals surface area contributed by atoms with Gasteiger partial charge in [0.1, 0.15) is 0 Å². The van der Waals surface area contributed by atoms with Crippen molar-refractivity contribution in [2.75, 3.05) is 0 Å². The van der Waals surface area contributed by atoms with Crippen molar-refractivity contribution in [2.45, 2.75) is 47.0 Å². The van der Waals surface area contributed by atoms with Crippen LogP contribution >= 0.6 is 17.0 Å². The molecule has 0 saturated carbocycles. The van der Waals surface area contributed by atoms with Gasteiger partial charge in [-0.15, -0.1) is 0 Å². The van der Waals surface area contributed by atoms with Gasteiger partial charge in [0.25, 0.3) is 0 Å². The molecule has 0 saturated heterocycles. The fraction of sp³-hybridized carbons (Fsp3) is 0.333. The first-order valence-corrected chi connectivity index (χ1v) is 30.4. The van der Waals surface area contributed by atoms with Gasteiger partial charge in [0.15, 0.2) is 0 Å². The number of benzene rings is 2. The van der Waals surface area contributed by atoms with E-state index in [1.165, 1.54) is 33.4 Å². The Balaban J connectivity index is 1.59. The second kappa shape index (κ2) is 10.0. The molecule has 6 nitrogen and oxygen atoms in total. The third-order valence-corrected chi connectivity index (χ3v) is 60.9. The standard InChI is InChI=1S/2C14H14N3.C2H7Si.2ClH.Zr/c2*1-3-10-7-11-5-4-6-12(13(11)8-10)14-9-17(2)16-15-14;1-3-2;;;/h2*4-9H,3H2,1-2H3;3H,1-2H3;2*1H;/q;;;;;+2/p-2. The predicted octanol–water partition coefficient (Wildman–Crippen LogP) is 7.65. The Hall–Kier alpha value is -2.12. The summed E-state index contributed by atoms with van der Waals surface area (Å²) >= 11 is -4.77. The van der Waals surface area contributed by atoms with Crippen LogP contribution in [0.25, 0.3) is 34.7 Å². The fourth-order valence-corrected chi connectivity index (χ4v) is 38.9. The van der Waals surface area contributed by atoms with Crippen molar-refractivity contribution in [1.82, 2.24) is 30.0 Å². The van der Waals surface area contributed by atoms with E-state index >= 15 is 0 Å². The van der Waals surface area contributed by atoms with Crippen LogP contribution in [-0.2, 0) is 29.7 Å². The van der Waals surface area contributed by atoms with Gasteiger partial charge in [-0.2, -0.15) is 0 Å². The number of nitrogens with zero attached hydrogens (tertiary/aromatic N) is 6. The van der Waals surface area contributed by atoms with Gasteiger partial charge in [-0.3, -0.25) is 0 Å². The zero-order valence-electron chi connectivity index (χ0n) is 23.9. The second-order valence-electron chi connectivity index (χ2n) is 11.6. The van der Waals surface area contributed by atoms with Gasteiger partial charge in [0.05, 0.1) is 0 Å². The molecule has 6 rings (SSSR count). The minimum absolute atomic E-state index is 0.0548. The SMILES string of the molecule is CCC1=Cc2c(-c3cn(C)nn3)cccc2[CH]1[Zr]([Cl])([Cl])([CH]1C(CC)=Cc2c(-c3cn(C)nn3)cccc21)[SiH](C)C. The molecule has 0 radical (unpaired) electrons. The number of halogens is 2. The summed E-state index contributed by atoms with van der Waals surface area (Å²) in [5.41, 5.74) is 11.6. The summed E-state index contributed by atoms with van der Waals surface area (Å²) < 4.78 is 3.62. The zero-order chi connectivity index (χ0) is 28.4. The molecule has 0 fully saturated rings. The zero-order valence-corrected chi connectivity index (χ0v) is 29.0. The molecule has 0 N–H and O–H groups in total. The Morgan fingerprint density at radius 2 is 1.18 bits per heavy atom. The van der Waals surface area contributed by atoms with Gasteiger partial charge in [0, 0.05) is 0 Å². The number of hydrogen-bond donors (Lipinski definition) is 0. The number of aromatic nitrogens is 6. The van der Waals surface area contributed by atoms with Crippen LogP contribution in [0.4, 0.5) is 0 Å². The van der Waals surface area contributed by atoms with E-state index < -0.39 is 21.5 Å². The molecule has 2 aliphatic carbocycles. The van der Waals surface area contributed by atoms with Crippen LogP contribution < -0.4 is 0 Å². The third kappa shape index (κ3) is 4.05. The van der Waals surface area contributed by atoms with E-state index in [0.717, 1.165) is 35.4 Å². The summed E-state index contributed by atoms with van der Waals surface area (Å²) in [6.07, 6.45) is 10.5. The molecule has 0 spiro atoms. The predicted molar refractivity (Wildman–Crippen MR) is 165 cm³/mol. The second-order valence-corrected chi connectivity index (χ2v) is 54.1. The Morgan fingerprint density at radius 3 is 1.50 bits per heavy atom. The molecular formula is C30H35Cl2N6SiZr. The molecular weight excluding hydrogens is 635 g/mol. The Labute approximate surface area is 244 Å². The van der Waals surface area contributed by atoms with Gasteiger partial charge in [-0.05, 0) is 0 Å². The molecule has 2 aromatic heterocycles. The summed E-state index contributed by atoms with van der Waals surface area (Å²) in [6.45, 7) is 9.26. The maximum atomic E-state index is 8.44. The van der Waals surface area contributed by atoms with Gasteiger partial charge >= 0.3 is 246 Å². The van der Waals surface area contributed by atoms with Crippen LogP contribution in [0.1, 0.15) is 56.2 Å². The number of fused-ring (bicyclic) bond motifs is 2.